The fourth-order valence-corrected chi connectivity index (χ4v) is 2.09. The van der Waals surface area contributed by atoms with Crippen molar-refractivity contribution in [3.63, 3.8) is 0 Å². The molecule has 0 bridgehead atoms. The average Bonchev–Trinajstić information content (AvgIpc) is 2.62. The molecule has 1 heterocycles. The first-order valence-corrected chi connectivity index (χ1v) is 8.28. The van der Waals surface area contributed by atoms with E-state index in [-0.39, 0.29) is 0 Å². The fourth-order valence-electron chi connectivity index (χ4n) is 2.09. The monoisotopic (exact) mass is 355 g/mol. The summed E-state index contributed by atoms with van der Waals surface area (Å²) in [6, 6.07) is 5.28. The van der Waals surface area contributed by atoms with Crippen molar-refractivity contribution in [1.29, 1.82) is 0 Å². The Bertz CT molecular complexity index is 510. The minimum Gasteiger partial charge on any atom is -0.487 e. The Hall–Kier alpha value is -1.87. The van der Waals surface area contributed by atoms with E-state index < -0.39 is 0 Å². The lowest BCUT2D eigenvalue weighted by Gasteiger charge is -2.14. The number of hydrogen-bond acceptors (Lipinski definition) is 8. The molecule has 8 heteroatoms. The van der Waals surface area contributed by atoms with E-state index in [9.17, 15) is 0 Å². The Morgan fingerprint density at radius 3 is 1.68 bits per heavy atom. The largest absolute Gasteiger partial charge is 0.487 e. The summed E-state index contributed by atoms with van der Waals surface area (Å²) in [5, 5.41) is 11.7. The SMILES string of the molecule is O/N=C/c1ccc2c(c1)OCCOCCOCCOCCOCCO2. The van der Waals surface area contributed by atoms with Crippen molar-refractivity contribution in [3.8, 4) is 11.5 Å². The van der Waals surface area contributed by atoms with Crippen molar-refractivity contribution in [2.45, 2.75) is 0 Å². The molecule has 0 aliphatic carbocycles. The fraction of sp³-hybridized carbons (Fsp3) is 0.588. The maximum atomic E-state index is 8.66. The van der Waals surface area contributed by atoms with Crippen LogP contribution in [0.4, 0.5) is 0 Å². The van der Waals surface area contributed by atoms with Crippen molar-refractivity contribution in [2.75, 3.05) is 66.1 Å². The van der Waals surface area contributed by atoms with Crippen LogP contribution < -0.4 is 9.47 Å². The number of ether oxygens (including phenoxy) is 6. The molecule has 25 heavy (non-hydrogen) atoms. The van der Waals surface area contributed by atoms with Crippen molar-refractivity contribution in [3.05, 3.63) is 23.8 Å². The molecule has 0 saturated heterocycles. The van der Waals surface area contributed by atoms with Gasteiger partial charge >= 0.3 is 0 Å². The Balaban J connectivity index is 1.92. The summed E-state index contributed by atoms with van der Waals surface area (Å²) in [6.07, 6.45) is 1.33. The highest BCUT2D eigenvalue weighted by Gasteiger charge is 2.07. The van der Waals surface area contributed by atoms with Crippen LogP contribution in [0.25, 0.3) is 0 Å². The Kier molecular flexibility index (Phi) is 9.72. The van der Waals surface area contributed by atoms with Crippen LogP contribution in [0.3, 0.4) is 0 Å². The predicted octanol–water partition coefficient (Wildman–Crippen LogP) is 1.33. The van der Waals surface area contributed by atoms with E-state index in [1.807, 2.05) is 0 Å². The van der Waals surface area contributed by atoms with Gasteiger partial charge in [0, 0.05) is 5.56 Å². The smallest absolute Gasteiger partial charge is 0.161 e. The molecule has 1 aromatic rings. The Labute approximate surface area is 147 Å². The van der Waals surface area contributed by atoms with Crippen LogP contribution in [0.1, 0.15) is 5.56 Å². The lowest BCUT2D eigenvalue weighted by Crippen LogP contribution is -2.16. The summed E-state index contributed by atoms with van der Waals surface area (Å²) >= 11 is 0. The highest BCUT2D eigenvalue weighted by Crippen LogP contribution is 2.28. The topological polar surface area (TPSA) is 88.0 Å². The number of oxime groups is 1. The second-order valence-corrected chi connectivity index (χ2v) is 5.10. The van der Waals surface area contributed by atoms with Crippen molar-refractivity contribution < 1.29 is 33.6 Å². The lowest BCUT2D eigenvalue weighted by molar-refractivity contribution is -0.00841. The van der Waals surface area contributed by atoms with Gasteiger partial charge in [-0.15, -0.1) is 0 Å². The summed E-state index contributed by atoms with van der Waals surface area (Å²) in [5.74, 6) is 1.15. The molecule has 0 aromatic heterocycles. The van der Waals surface area contributed by atoms with Gasteiger partial charge in [-0.05, 0) is 18.2 Å². The van der Waals surface area contributed by atoms with Crippen LogP contribution in [-0.2, 0) is 18.9 Å². The third-order valence-corrected chi connectivity index (χ3v) is 3.26. The number of fused-ring (bicyclic) bond motifs is 1. The van der Waals surface area contributed by atoms with Crippen LogP contribution >= 0.6 is 0 Å². The summed E-state index contributed by atoms with van der Waals surface area (Å²) in [5.41, 5.74) is 0.703. The Morgan fingerprint density at radius 1 is 0.680 bits per heavy atom. The van der Waals surface area contributed by atoms with E-state index in [2.05, 4.69) is 5.16 Å². The highest BCUT2D eigenvalue weighted by atomic mass is 16.6. The van der Waals surface area contributed by atoms with Crippen molar-refractivity contribution in [2.24, 2.45) is 5.16 Å². The maximum Gasteiger partial charge on any atom is 0.161 e. The molecule has 1 aliphatic rings. The molecule has 140 valence electrons. The number of nitrogens with zero attached hydrogens (tertiary/aromatic N) is 1. The van der Waals surface area contributed by atoms with E-state index in [0.29, 0.717) is 83.1 Å². The molecule has 0 fully saturated rings. The van der Waals surface area contributed by atoms with Gasteiger partial charge in [0.2, 0.25) is 0 Å². The summed E-state index contributed by atoms with van der Waals surface area (Å²) in [4.78, 5) is 0. The second-order valence-electron chi connectivity index (χ2n) is 5.10. The quantitative estimate of drug-likeness (QED) is 0.462. The third-order valence-electron chi connectivity index (χ3n) is 3.26. The number of benzene rings is 1. The second kappa shape index (κ2) is 12.5. The zero-order valence-corrected chi connectivity index (χ0v) is 14.2. The molecular weight excluding hydrogens is 330 g/mol. The van der Waals surface area contributed by atoms with Gasteiger partial charge in [-0.2, -0.15) is 0 Å². The molecule has 8 nitrogen and oxygen atoms in total. The van der Waals surface area contributed by atoms with Gasteiger partial charge in [0.25, 0.3) is 0 Å². The van der Waals surface area contributed by atoms with Crippen LogP contribution in [0.5, 0.6) is 11.5 Å². The number of rotatable bonds is 1. The molecule has 0 saturated carbocycles. The van der Waals surface area contributed by atoms with Crippen LogP contribution in [0.2, 0.25) is 0 Å². The molecule has 1 aliphatic heterocycles. The predicted molar refractivity (Wildman–Crippen MR) is 90.1 cm³/mol. The molecule has 1 aromatic carbocycles. The van der Waals surface area contributed by atoms with Gasteiger partial charge in [0.05, 0.1) is 59.1 Å². The maximum absolute atomic E-state index is 8.66. The summed E-state index contributed by atoms with van der Waals surface area (Å²) in [6.45, 7) is 4.73. The first-order valence-electron chi connectivity index (χ1n) is 8.28. The van der Waals surface area contributed by atoms with Crippen molar-refractivity contribution >= 4 is 6.21 Å². The van der Waals surface area contributed by atoms with Crippen LogP contribution in [0, 0.1) is 0 Å². The third kappa shape index (κ3) is 8.17. The molecule has 0 amide bonds. The van der Waals surface area contributed by atoms with Crippen LogP contribution in [0.15, 0.2) is 23.4 Å². The summed E-state index contributed by atoms with van der Waals surface area (Å²) in [7, 11) is 0. The zero-order chi connectivity index (χ0) is 17.6. The first kappa shape index (κ1) is 19.5. The molecular formula is C17H25NO7. The van der Waals surface area contributed by atoms with Gasteiger partial charge in [0.1, 0.15) is 13.2 Å². The molecule has 0 spiro atoms. The summed E-state index contributed by atoms with van der Waals surface area (Å²) < 4.78 is 33.1. The standard InChI is InChI=1S/C17H25NO7/c19-18-14-15-1-2-16-17(13-15)25-12-10-23-8-6-21-4-3-20-5-7-22-9-11-24-16/h1-2,13-14,19H,3-12H2/b18-14+. The molecule has 0 radical (unpaired) electrons. The number of hydrogen-bond donors (Lipinski definition) is 1. The minimum absolute atomic E-state index is 0.371. The normalized spacial score (nSPS) is 19.2. The van der Waals surface area contributed by atoms with Crippen LogP contribution in [-0.4, -0.2) is 77.5 Å². The molecule has 0 unspecified atom stereocenters. The van der Waals surface area contributed by atoms with Crippen molar-refractivity contribution in [1.82, 2.24) is 0 Å². The van der Waals surface area contributed by atoms with Gasteiger partial charge in [-0.3, -0.25) is 0 Å². The van der Waals surface area contributed by atoms with E-state index in [4.69, 9.17) is 33.6 Å². The van der Waals surface area contributed by atoms with E-state index >= 15 is 0 Å². The lowest BCUT2D eigenvalue weighted by atomic mass is 10.2. The molecule has 2 rings (SSSR count). The van der Waals surface area contributed by atoms with E-state index in [1.165, 1.54) is 6.21 Å². The van der Waals surface area contributed by atoms with E-state index in [0.717, 1.165) is 0 Å². The minimum atomic E-state index is 0.371. The van der Waals surface area contributed by atoms with Gasteiger partial charge in [-0.25, -0.2) is 0 Å². The zero-order valence-electron chi connectivity index (χ0n) is 14.2. The van der Waals surface area contributed by atoms with Gasteiger partial charge in [0.15, 0.2) is 11.5 Å². The highest BCUT2D eigenvalue weighted by molar-refractivity contribution is 5.80. The molecule has 1 N–H and O–H groups in total. The average molecular weight is 355 g/mol. The first-order chi connectivity index (χ1) is 12.4. The van der Waals surface area contributed by atoms with E-state index in [1.54, 1.807) is 18.2 Å². The Morgan fingerprint density at radius 2 is 1.16 bits per heavy atom. The van der Waals surface area contributed by atoms with Gasteiger partial charge in [-0.1, -0.05) is 5.16 Å². The van der Waals surface area contributed by atoms with Gasteiger partial charge < -0.3 is 33.6 Å². The molecule has 0 atom stereocenters.